The Morgan fingerprint density at radius 1 is 1.39 bits per heavy atom. The molecule has 0 spiro atoms. The zero-order chi connectivity index (χ0) is 22.4. The molecule has 168 valence electrons. The van der Waals surface area contributed by atoms with Crippen LogP contribution in [0, 0.1) is 16.0 Å². The number of likely N-dealkylation sites (tertiary alicyclic amines) is 1. The summed E-state index contributed by atoms with van der Waals surface area (Å²) in [7, 11) is -2.16. The average Bonchev–Trinajstić information content (AvgIpc) is 3.29. The largest absolute Gasteiger partial charge is 0.355 e. The number of nitrogens with one attached hydrogen (secondary N) is 2. The number of aliphatic imine (C=N–C) groups is 1. The van der Waals surface area contributed by atoms with E-state index >= 15 is 0 Å². The van der Waals surface area contributed by atoms with Gasteiger partial charge < -0.3 is 14.8 Å². The number of guanidine groups is 1. The van der Waals surface area contributed by atoms with Gasteiger partial charge in [0.1, 0.15) is 0 Å². The molecule has 31 heavy (non-hydrogen) atoms. The van der Waals surface area contributed by atoms with Crippen LogP contribution in [-0.4, -0.2) is 67.0 Å². The number of hydrogen-bond donors (Lipinski definition) is 2. The summed E-state index contributed by atoms with van der Waals surface area (Å²) in [4.78, 5) is 20.7. The van der Waals surface area contributed by atoms with Crippen LogP contribution in [0.5, 0.6) is 0 Å². The number of hydrogen-bond acceptors (Lipinski definition) is 6. The van der Waals surface area contributed by atoms with E-state index in [1.54, 1.807) is 13.2 Å². The molecular weight excluding hydrogens is 422 g/mol. The highest BCUT2D eigenvalue weighted by atomic mass is 32.2. The zero-order valence-corrected chi connectivity index (χ0v) is 18.3. The lowest BCUT2D eigenvalue weighted by Crippen LogP contribution is -2.50. The Hall–Kier alpha value is -2.99. The standard InChI is InChI=1S/C19H27N7O4S/c1-15-6-10-24(13-18(15)25-11-9-21-14-25)19(20-2)22-7-8-23-31(29,30)17-5-3-4-16(12-17)26(27)28/h3-5,9,11-12,14-15,18,23H,6-8,10,13H2,1-2H3,(H,20,22). The van der Waals surface area contributed by atoms with Gasteiger partial charge in [0.05, 0.1) is 22.2 Å². The number of non-ortho nitro benzene ring substituents is 1. The van der Waals surface area contributed by atoms with Crippen LogP contribution in [0.4, 0.5) is 5.69 Å². The Kier molecular flexibility index (Phi) is 7.23. The summed E-state index contributed by atoms with van der Waals surface area (Å²) in [5, 5.41) is 14.1. The molecule has 0 bridgehead atoms. The van der Waals surface area contributed by atoms with Crippen LogP contribution < -0.4 is 10.0 Å². The first kappa shape index (κ1) is 22.7. The molecule has 1 aliphatic rings. The monoisotopic (exact) mass is 449 g/mol. The van der Waals surface area contributed by atoms with Gasteiger partial charge in [0, 0.05) is 57.8 Å². The third kappa shape index (κ3) is 5.58. The van der Waals surface area contributed by atoms with E-state index in [1.165, 1.54) is 18.2 Å². The first-order chi connectivity index (χ1) is 14.8. The highest BCUT2D eigenvalue weighted by Gasteiger charge is 2.28. The third-order valence-corrected chi connectivity index (χ3v) is 6.84. The molecule has 2 aromatic rings. The number of piperidine rings is 1. The van der Waals surface area contributed by atoms with Gasteiger partial charge in [-0.3, -0.25) is 15.1 Å². The Bertz CT molecular complexity index is 1020. The summed E-state index contributed by atoms with van der Waals surface area (Å²) in [6.45, 7) is 4.28. The fourth-order valence-electron chi connectivity index (χ4n) is 3.63. The molecule has 1 saturated heterocycles. The van der Waals surface area contributed by atoms with Crippen LogP contribution in [-0.2, 0) is 10.0 Å². The number of aromatic nitrogens is 2. The van der Waals surface area contributed by atoms with E-state index < -0.39 is 14.9 Å². The maximum Gasteiger partial charge on any atom is 0.270 e. The lowest BCUT2D eigenvalue weighted by molar-refractivity contribution is -0.385. The van der Waals surface area contributed by atoms with Crippen molar-refractivity contribution in [2.75, 3.05) is 33.2 Å². The van der Waals surface area contributed by atoms with E-state index in [2.05, 4.69) is 36.4 Å². The maximum atomic E-state index is 12.4. The van der Waals surface area contributed by atoms with Crippen LogP contribution in [0.2, 0.25) is 0 Å². The minimum atomic E-state index is -3.85. The molecular formula is C19H27N7O4S. The second-order valence-corrected chi connectivity index (χ2v) is 9.18. The van der Waals surface area contributed by atoms with Gasteiger partial charge in [-0.05, 0) is 18.4 Å². The van der Waals surface area contributed by atoms with E-state index in [0.717, 1.165) is 25.6 Å². The molecule has 0 saturated carbocycles. The average molecular weight is 450 g/mol. The van der Waals surface area contributed by atoms with Gasteiger partial charge in [0.15, 0.2) is 5.96 Å². The Labute approximate surface area is 181 Å². The van der Waals surface area contributed by atoms with Crippen molar-refractivity contribution in [3.8, 4) is 0 Å². The molecule has 0 aliphatic carbocycles. The summed E-state index contributed by atoms with van der Waals surface area (Å²) in [5.41, 5.74) is -0.270. The Morgan fingerprint density at radius 3 is 2.87 bits per heavy atom. The van der Waals surface area contributed by atoms with E-state index in [-0.39, 0.29) is 23.2 Å². The van der Waals surface area contributed by atoms with Crippen molar-refractivity contribution < 1.29 is 13.3 Å². The molecule has 2 unspecified atom stereocenters. The van der Waals surface area contributed by atoms with Crippen LogP contribution in [0.25, 0.3) is 0 Å². The minimum Gasteiger partial charge on any atom is -0.355 e. The summed E-state index contributed by atoms with van der Waals surface area (Å²) in [5.74, 6) is 1.21. The molecule has 0 radical (unpaired) electrons. The molecule has 1 aromatic heterocycles. The number of sulfonamides is 1. The molecule has 2 N–H and O–H groups in total. The first-order valence-corrected chi connectivity index (χ1v) is 11.5. The second-order valence-electron chi connectivity index (χ2n) is 7.42. The van der Waals surface area contributed by atoms with Crippen molar-refractivity contribution in [3.05, 3.63) is 53.1 Å². The van der Waals surface area contributed by atoms with Crippen molar-refractivity contribution in [2.45, 2.75) is 24.3 Å². The quantitative estimate of drug-likeness (QED) is 0.213. The molecule has 11 nitrogen and oxygen atoms in total. The fourth-order valence-corrected chi connectivity index (χ4v) is 4.71. The first-order valence-electron chi connectivity index (χ1n) is 9.99. The molecule has 3 rings (SSSR count). The number of benzene rings is 1. The molecule has 2 heterocycles. The normalized spacial score (nSPS) is 19.9. The smallest absolute Gasteiger partial charge is 0.270 e. The van der Waals surface area contributed by atoms with Gasteiger partial charge in [-0.2, -0.15) is 0 Å². The number of rotatable bonds is 7. The molecule has 12 heteroatoms. The van der Waals surface area contributed by atoms with Crippen LogP contribution in [0.3, 0.4) is 0 Å². The Morgan fingerprint density at radius 2 is 2.19 bits per heavy atom. The molecule has 1 fully saturated rings. The van der Waals surface area contributed by atoms with Gasteiger partial charge in [0.25, 0.3) is 5.69 Å². The fraction of sp³-hybridized carbons (Fsp3) is 0.474. The minimum absolute atomic E-state index is 0.110. The predicted octanol–water partition coefficient (Wildman–Crippen LogP) is 1.23. The van der Waals surface area contributed by atoms with Gasteiger partial charge >= 0.3 is 0 Å². The van der Waals surface area contributed by atoms with Crippen molar-refractivity contribution in [1.29, 1.82) is 0 Å². The van der Waals surface area contributed by atoms with Crippen molar-refractivity contribution in [2.24, 2.45) is 10.9 Å². The summed E-state index contributed by atoms with van der Waals surface area (Å²) < 4.78 is 29.4. The molecule has 0 amide bonds. The van der Waals surface area contributed by atoms with E-state index in [9.17, 15) is 18.5 Å². The third-order valence-electron chi connectivity index (χ3n) is 5.38. The van der Waals surface area contributed by atoms with Gasteiger partial charge in [0.2, 0.25) is 10.0 Å². The summed E-state index contributed by atoms with van der Waals surface area (Å²) in [6, 6.07) is 5.25. The Balaban J connectivity index is 1.54. The maximum absolute atomic E-state index is 12.4. The highest BCUT2D eigenvalue weighted by molar-refractivity contribution is 7.89. The van der Waals surface area contributed by atoms with Gasteiger partial charge in [-0.25, -0.2) is 18.1 Å². The predicted molar refractivity (Wildman–Crippen MR) is 116 cm³/mol. The number of nitrogens with zero attached hydrogens (tertiary/aromatic N) is 5. The molecule has 2 atom stereocenters. The summed E-state index contributed by atoms with van der Waals surface area (Å²) >= 11 is 0. The number of imidazole rings is 1. The van der Waals surface area contributed by atoms with Crippen molar-refractivity contribution in [3.63, 3.8) is 0 Å². The van der Waals surface area contributed by atoms with E-state index in [0.29, 0.717) is 18.4 Å². The lowest BCUT2D eigenvalue weighted by atomic mass is 9.93. The number of nitro benzene ring substituents is 1. The zero-order valence-electron chi connectivity index (χ0n) is 17.5. The topological polar surface area (TPSA) is 135 Å². The molecule has 1 aromatic carbocycles. The van der Waals surface area contributed by atoms with Gasteiger partial charge in [-0.15, -0.1) is 0 Å². The SMILES string of the molecule is CN=C(NCCNS(=O)(=O)c1cccc([N+](=O)[O-])c1)N1CCC(C)C(n2ccnc2)C1. The molecule has 1 aliphatic heterocycles. The van der Waals surface area contributed by atoms with Crippen LogP contribution in [0.15, 0.2) is 52.9 Å². The number of nitro groups is 1. The van der Waals surface area contributed by atoms with Gasteiger partial charge in [-0.1, -0.05) is 13.0 Å². The van der Waals surface area contributed by atoms with E-state index in [1.807, 2.05) is 12.5 Å². The van der Waals surface area contributed by atoms with Crippen molar-refractivity contribution in [1.82, 2.24) is 24.5 Å². The lowest BCUT2D eigenvalue weighted by Gasteiger charge is -2.39. The second kappa shape index (κ2) is 9.88. The highest BCUT2D eigenvalue weighted by Crippen LogP contribution is 2.27. The van der Waals surface area contributed by atoms with Crippen LogP contribution >= 0.6 is 0 Å². The van der Waals surface area contributed by atoms with Crippen molar-refractivity contribution >= 4 is 21.7 Å². The summed E-state index contributed by atoms with van der Waals surface area (Å²) in [6.07, 6.45) is 6.56. The van der Waals surface area contributed by atoms with E-state index in [4.69, 9.17) is 0 Å². The van der Waals surface area contributed by atoms with Crippen LogP contribution in [0.1, 0.15) is 19.4 Å².